The number of benzene rings is 3. The molecule has 10 nitrogen and oxygen atoms in total. The zero-order valence-electron chi connectivity index (χ0n) is 20.7. The van der Waals surface area contributed by atoms with E-state index in [-0.39, 0.29) is 39.6 Å². The molecule has 204 valence electrons. The van der Waals surface area contributed by atoms with Gasteiger partial charge in [-0.25, -0.2) is 19.2 Å². The monoisotopic (exact) mass is 546 g/mol. The third kappa shape index (κ3) is 7.25. The molecule has 0 atom stereocenters. The topological polar surface area (TPSA) is 129 Å². The van der Waals surface area contributed by atoms with Gasteiger partial charge in [0, 0.05) is 5.69 Å². The molecule has 2 amide bonds. The zero-order chi connectivity index (χ0) is 28.7. The van der Waals surface area contributed by atoms with E-state index < -0.39 is 35.7 Å². The number of hydrogen-bond acceptors (Lipinski definition) is 8. The number of hydrogen-bond donors (Lipinski definition) is 2. The molecule has 0 bridgehead atoms. The first-order valence-corrected chi connectivity index (χ1v) is 10.9. The van der Waals surface area contributed by atoms with Gasteiger partial charge in [0.15, 0.2) is 5.75 Å². The fraction of sp³-hybridized carbons (Fsp3) is 0.154. The van der Waals surface area contributed by atoms with E-state index in [1.165, 1.54) is 42.5 Å². The highest BCUT2D eigenvalue weighted by Gasteiger charge is 2.30. The SMILES string of the molecule is COC(=O)c1cc(Oc2ccc(C(=O)OC)cc2NC(=O)Nc2cccc(C(F)(F)F)c2)cc(C(=O)OC)c1. The number of alkyl halides is 3. The molecule has 0 radical (unpaired) electrons. The lowest BCUT2D eigenvalue weighted by molar-refractivity contribution is -0.137. The highest BCUT2D eigenvalue weighted by molar-refractivity contribution is 6.02. The minimum atomic E-state index is -4.62. The van der Waals surface area contributed by atoms with E-state index in [9.17, 15) is 32.3 Å². The summed E-state index contributed by atoms with van der Waals surface area (Å²) in [5.74, 6) is -2.38. The van der Waals surface area contributed by atoms with Crippen LogP contribution in [0, 0.1) is 0 Å². The molecule has 13 heteroatoms. The number of rotatable bonds is 7. The predicted molar refractivity (Wildman–Crippen MR) is 131 cm³/mol. The number of halogens is 3. The van der Waals surface area contributed by atoms with Crippen LogP contribution in [0.15, 0.2) is 60.7 Å². The van der Waals surface area contributed by atoms with E-state index in [0.717, 1.165) is 39.5 Å². The molecule has 0 aromatic heterocycles. The molecule has 0 spiro atoms. The van der Waals surface area contributed by atoms with Crippen LogP contribution in [0.2, 0.25) is 0 Å². The van der Waals surface area contributed by atoms with Crippen molar-refractivity contribution >= 4 is 35.3 Å². The van der Waals surface area contributed by atoms with Crippen LogP contribution < -0.4 is 15.4 Å². The zero-order valence-corrected chi connectivity index (χ0v) is 20.7. The second-order valence-corrected chi connectivity index (χ2v) is 7.69. The summed E-state index contributed by atoms with van der Waals surface area (Å²) in [4.78, 5) is 48.9. The lowest BCUT2D eigenvalue weighted by atomic mass is 10.1. The van der Waals surface area contributed by atoms with Gasteiger partial charge in [0.25, 0.3) is 0 Å². The summed E-state index contributed by atoms with van der Waals surface area (Å²) in [5, 5.41) is 4.68. The minimum absolute atomic E-state index is 0.0118. The van der Waals surface area contributed by atoms with E-state index in [0.29, 0.717) is 0 Å². The Labute approximate surface area is 219 Å². The van der Waals surface area contributed by atoms with Crippen molar-refractivity contribution < 1.29 is 51.3 Å². The summed E-state index contributed by atoms with van der Waals surface area (Å²) < 4.78 is 58.9. The molecule has 3 aromatic carbocycles. The molecule has 0 fully saturated rings. The van der Waals surface area contributed by atoms with Gasteiger partial charge in [0.1, 0.15) is 5.75 Å². The Morgan fingerprint density at radius 1 is 0.692 bits per heavy atom. The number of anilines is 2. The van der Waals surface area contributed by atoms with E-state index in [1.54, 1.807) is 0 Å². The first-order chi connectivity index (χ1) is 18.4. The summed E-state index contributed by atoms with van der Waals surface area (Å²) >= 11 is 0. The van der Waals surface area contributed by atoms with Crippen LogP contribution in [0.3, 0.4) is 0 Å². The van der Waals surface area contributed by atoms with E-state index >= 15 is 0 Å². The van der Waals surface area contributed by atoms with Crippen molar-refractivity contribution in [3.63, 3.8) is 0 Å². The maximum absolute atomic E-state index is 13.0. The number of urea groups is 1. The summed E-state index contributed by atoms with van der Waals surface area (Å²) in [6, 6.07) is 10.6. The van der Waals surface area contributed by atoms with Gasteiger partial charge in [-0.05, 0) is 54.6 Å². The molecule has 0 aliphatic rings. The number of amides is 2. The number of nitrogens with one attached hydrogen (secondary N) is 2. The molecule has 0 aliphatic heterocycles. The molecule has 3 rings (SSSR count). The average Bonchev–Trinajstić information content (AvgIpc) is 2.92. The second-order valence-electron chi connectivity index (χ2n) is 7.69. The van der Waals surface area contributed by atoms with Crippen LogP contribution >= 0.6 is 0 Å². The molecule has 0 aliphatic carbocycles. The number of methoxy groups -OCH3 is 3. The Bertz CT molecular complexity index is 1390. The smallest absolute Gasteiger partial charge is 0.416 e. The molecule has 39 heavy (non-hydrogen) atoms. The summed E-state index contributed by atoms with van der Waals surface area (Å²) in [6.07, 6.45) is -4.62. The highest BCUT2D eigenvalue weighted by atomic mass is 19.4. The van der Waals surface area contributed by atoms with Crippen molar-refractivity contribution in [1.82, 2.24) is 0 Å². The lowest BCUT2D eigenvalue weighted by Crippen LogP contribution is -2.20. The van der Waals surface area contributed by atoms with Crippen LogP contribution in [0.5, 0.6) is 11.5 Å². The fourth-order valence-electron chi connectivity index (χ4n) is 3.28. The fourth-order valence-corrected chi connectivity index (χ4v) is 3.28. The number of ether oxygens (including phenoxy) is 4. The van der Waals surface area contributed by atoms with Gasteiger partial charge in [0.05, 0.1) is 49.3 Å². The lowest BCUT2D eigenvalue weighted by Gasteiger charge is -2.15. The maximum atomic E-state index is 13.0. The van der Waals surface area contributed by atoms with Gasteiger partial charge in [-0.15, -0.1) is 0 Å². The molecule has 2 N–H and O–H groups in total. The van der Waals surface area contributed by atoms with Gasteiger partial charge in [-0.2, -0.15) is 13.2 Å². The Kier molecular flexibility index (Phi) is 8.76. The molecule has 3 aromatic rings. The Hall–Kier alpha value is -5.07. The van der Waals surface area contributed by atoms with E-state index in [1.807, 2.05) is 0 Å². The van der Waals surface area contributed by atoms with Gasteiger partial charge >= 0.3 is 30.1 Å². The van der Waals surface area contributed by atoms with Crippen molar-refractivity contribution in [2.45, 2.75) is 6.18 Å². The Morgan fingerprint density at radius 2 is 1.28 bits per heavy atom. The molecule has 0 unspecified atom stereocenters. The highest BCUT2D eigenvalue weighted by Crippen LogP contribution is 2.33. The van der Waals surface area contributed by atoms with Crippen molar-refractivity contribution in [2.75, 3.05) is 32.0 Å². The van der Waals surface area contributed by atoms with E-state index in [2.05, 4.69) is 15.4 Å². The van der Waals surface area contributed by atoms with Crippen molar-refractivity contribution in [3.8, 4) is 11.5 Å². The normalized spacial score (nSPS) is 10.7. The number of esters is 3. The van der Waals surface area contributed by atoms with Crippen LogP contribution in [-0.2, 0) is 20.4 Å². The van der Waals surface area contributed by atoms with Crippen LogP contribution in [0.25, 0.3) is 0 Å². The van der Waals surface area contributed by atoms with Crippen LogP contribution in [0.1, 0.15) is 36.6 Å². The largest absolute Gasteiger partial charge is 0.465 e. The quantitative estimate of drug-likeness (QED) is 0.294. The van der Waals surface area contributed by atoms with Crippen molar-refractivity contribution in [2.24, 2.45) is 0 Å². The third-order valence-electron chi connectivity index (χ3n) is 5.07. The maximum Gasteiger partial charge on any atom is 0.416 e. The van der Waals surface area contributed by atoms with Gasteiger partial charge < -0.3 is 29.6 Å². The van der Waals surface area contributed by atoms with Crippen LogP contribution in [0.4, 0.5) is 29.3 Å². The van der Waals surface area contributed by atoms with Crippen molar-refractivity contribution in [1.29, 1.82) is 0 Å². The van der Waals surface area contributed by atoms with Crippen LogP contribution in [-0.4, -0.2) is 45.3 Å². The number of carbonyl (C=O) groups is 4. The van der Waals surface area contributed by atoms with Gasteiger partial charge in [0.2, 0.25) is 0 Å². The average molecular weight is 546 g/mol. The summed E-state index contributed by atoms with van der Waals surface area (Å²) in [5.41, 5.74) is -1.29. The number of carbonyl (C=O) groups excluding carboxylic acids is 4. The summed E-state index contributed by atoms with van der Waals surface area (Å²) in [6.45, 7) is 0. The Balaban J connectivity index is 1.96. The molecular weight excluding hydrogens is 525 g/mol. The van der Waals surface area contributed by atoms with Gasteiger partial charge in [-0.3, -0.25) is 0 Å². The molecule has 0 saturated heterocycles. The molecule has 0 saturated carbocycles. The summed E-state index contributed by atoms with van der Waals surface area (Å²) in [7, 11) is 3.43. The second kappa shape index (κ2) is 12.0. The standard InChI is InChI=1S/C26H21F3N2O8/c1-36-22(32)14-7-8-21(39-19-10-15(23(33)37-2)9-16(11-19)24(34)38-3)20(12-14)31-25(35)30-18-6-4-5-17(13-18)26(27,28)29/h4-13H,1-3H3,(H2,30,31,35). The first kappa shape index (κ1) is 28.5. The first-order valence-electron chi connectivity index (χ1n) is 10.9. The third-order valence-corrected chi connectivity index (χ3v) is 5.07. The Morgan fingerprint density at radius 3 is 1.85 bits per heavy atom. The predicted octanol–water partition coefficient (Wildman–Crippen LogP) is 5.50. The van der Waals surface area contributed by atoms with E-state index in [4.69, 9.17) is 14.2 Å². The van der Waals surface area contributed by atoms with Crippen molar-refractivity contribution in [3.05, 3.63) is 82.9 Å². The minimum Gasteiger partial charge on any atom is -0.465 e. The molecular formula is C26H21F3N2O8. The van der Waals surface area contributed by atoms with Gasteiger partial charge in [-0.1, -0.05) is 6.07 Å². The molecule has 0 heterocycles.